The predicted octanol–water partition coefficient (Wildman–Crippen LogP) is 2.18. The second kappa shape index (κ2) is 6.88. The van der Waals surface area contributed by atoms with Crippen LogP contribution in [0.25, 0.3) is 0 Å². The Bertz CT molecular complexity index is 234. The zero-order valence-corrected chi connectivity index (χ0v) is 13.3. The fourth-order valence-corrected chi connectivity index (χ4v) is 2.77. The quantitative estimate of drug-likeness (QED) is 0.812. The Morgan fingerprint density at radius 1 is 1.39 bits per heavy atom. The van der Waals surface area contributed by atoms with E-state index in [-0.39, 0.29) is 5.54 Å². The van der Waals surface area contributed by atoms with Gasteiger partial charge in [0.1, 0.15) is 0 Å². The highest BCUT2D eigenvalue weighted by Gasteiger charge is 2.26. The zero-order chi connectivity index (χ0) is 13.8. The first-order valence-corrected chi connectivity index (χ1v) is 7.49. The van der Waals surface area contributed by atoms with E-state index in [9.17, 15) is 0 Å². The summed E-state index contributed by atoms with van der Waals surface area (Å²) in [5, 5.41) is 3.65. The van der Waals surface area contributed by atoms with Crippen molar-refractivity contribution in [1.29, 1.82) is 0 Å². The Hall–Kier alpha value is -0.120. The van der Waals surface area contributed by atoms with Gasteiger partial charge in [-0.1, -0.05) is 6.92 Å². The largest absolute Gasteiger partial charge is 0.311 e. The first-order chi connectivity index (χ1) is 8.33. The van der Waals surface area contributed by atoms with Gasteiger partial charge in [-0.15, -0.1) is 0 Å². The summed E-state index contributed by atoms with van der Waals surface area (Å²) in [5.74, 6) is 0. The molecule has 0 amide bonds. The molecule has 3 nitrogen and oxygen atoms in total. The minimum Gasteiger partial charge on any atom is -0.311 e. The minimum absolute atomic E-state index is 0.220. The number of nitrogens with zero attached hydrogens (tertiary/aromatic N) is 2. The van der Waals surface area contributed by atoms with Gasteiger partial charge in [0.15, 0.2) is 0 Å². The molecule has 108 valence electrons. The van der Waals surface area contributed by atoms with Crippen LogP contribution in [-0.2, 0) is 0 Å². The highest BCUT2D eigenvalue weighted by atomic mass is 15.2. The van der Waals surface area contributed by atoms with E-state index in [2.05, 4.69) is 56.9 Å². The van der Waals surface area contributed by atoms with Crippen LogP contribution in [0.2, 0.25) is 0 Å². The summed E-state index contributed by atoms with van der Waals surface area (Å²) in [6.45, 7) is 12.6. The maximum absolute atomic E-state index is 3.65. The van der Waals surface area contributed by atoms with Gasteiger partial charge >= 0.3 is 0 Å². The number of hydrogen-bond donors (Lipinski definition) is 1. The summed E-state index contributed by atoms with van der Waals surface area (Å²) in [7, 11) is 4.55. The second-order valence-corrected chi connectivity index (χ2v) is 6.92. The van der Waals surface area contributed by atoms with Crippen LogP contribution < -0.4 is 5.32 Å². The molecule has 3 heteroatoms. The van der Waals surface area contributed by atoms with Gasteiger partial charge in [-0.2, -0.15) is 0 Å². The van der Waals surface area contributed by atoms with E-state index < -0.39 is 0 Å². The summed E-state index contributed by atoms with van der Waals surface area (Å²) in [4.78, 5) is 5.07. The molecule has 2 atom stereocenters. The first kappa shape index (κ1) is 15.9. The molecule has 1 aliphatic heterocycles. The van der Waals surface area contributed by atoms with E-state index in [1.165, 1.54) is 32.4 Å². The molecule has 1 N–H and O–H groups in total. The molecule has 0 aromatic carbocycles. The SMILES string of the molecule is CCC(CNC(C)(C)C)N(C)C1CCCN(C)C1. The van der Waals surface area contributed by atoms with Gasteiger partial charge in [-0.25, -0.2) is 0 Å². The molecule has 0 aromatic rings. The Kier molecular flexibility index (Phi) is 6.09. The molecule has 1 fully saturated rings. The van der Waals surface area contributed by atoms with Crippen LogP contribution in [0.1, 0.15) is 47.0 Å². The number of nitrogens with one attached hydrogen (secondary N) is 1. The lowest BCUT2D eigenvalue weighted by molar-refractivity contribution is 0.0928. The lowest BCUT2D eigenvalue weighted by Gasteiger charge is -2.40. The van der Waals surface area contributed by atoms with Crippen LogP contribution in [-0.4, -0.2) is 61.2 Å². The van der Waals surface area contributed by atoms with Crippen LogP contribution in [0.3, 0.4) is 0 Å². The Labute approximate surface area is 114 Å². The lowest BCUT2D eigenvalue weighted by atomic mass is 10.0. The van der Waals surface area contributed by atoms with Crippen molar-refractivity contribution >= 4 is 0 Å². The van der Waals surface area contributed by atoms with Gasteiger partial charge in [0.2, 0.25) is 0 Å². The summed E-state index contributed by atoms with van der Waals surface area (Å²) in [6.07, 6.45) is 3.92. The van der Waals surface area contributed by atoms with Crippen molar-refractivity contribution in [3.05, 3.63) is 0 Å². The molecular weight excluding hydrogens is 222 g/mol. The topological polar surface area (TPSA) is 18.5 Å². The maximum Gasteiger partial charge on any atom is 0.0223 e. The highest BCUT2D eigenvalue weighted by Crippen LogP contribution is 2.17. The van der Waals surface area contributed by atoms with Crippen molar-refractivity contribution < 1.29 is 0 Å². The Morgan fingerprint density at radius 3 is 2.56 bits per heavy atom. The molecule has 2 unspecified atom stereocenters. The molecule has 1 heterocycles. The van der Waals surface area contributed by atoms with Crippen molar-refractivity contribution in [1.82, 2.24) is 15.1 Å². The van der Waals surface area contributed by atoms with E-state index in [0.717, 1.165) is 12.6 Å². The molecule has 0 saturated carbocycles. The lowest BCUT2D eigenvalue weighted by Crippen LogP contribution is -2.53. The Morgan fingerprint density at radius 2 is 2.06 bits per heavy atom. The summed E-state index contributed by atoms with van der Waals surface area (Å²) in [6, 6.07) is 1.39. The first-order valence-electron chi connectivity index (χ1n) is 7.49. The zero-order valence-electron chi connectivity index (χ0n) is 13.3. The number of likely N-dealkylation sites (N-methyl/N-ethyl adjacent to an activating group) is 2. The van der Waals surface area contributed by atoms with Crippen molar-refractivity contribution in [3.63, 3.8) is 0 Å². The van der Waals surface area contributed by atoms with Crippen molar-refractivity contribution in [2.24, 2.45) is 0 Å². The molecular formula is C15H33N3. The number of hydrogen-bond acceptors (Lipinski definition) is 3. The van der Waals surface area contributed by atoms with E-state index in [1.807, 2.05) is 0 Å². The molecule has 0 bridgehead atoms. The summed E-state index contributed by atoms with van der Waals surface area (Å²) >= 11 is 0. The molecule has 18 heavy (non-hydrogen) atoms. The number of rotatable bonds is 5. The van der Waals surface area contributed by atoms with Gasteiger partial charge in [-0.3, -0.25) is 4.90 Å². The molecule has 0 spiro atoms. The normalized spacial score (nSPS) is 24.5. The predicted molar refractivity (Wildman–Crippen MR) is 80.1 cm³/mol. The molecule has 1 saturated heterocycles. The van der Waals surface area contributed by atoms with Crippen LogP contribution in [0.5, 0.6) is 0 Å². The average Bonchev–Trinajstić information content (AvgIpc) is 2.28. The third-order valence-electron chi connectivity index (χ3n) is 4.09. The monoisotopic (exact) mass is 255 g/mol. The number of piperidine rings is 1. The van der Waals surface area contributed by atoms with Gasteiger partial charge in [-0.05, 0) is 60.7 Å². The molecule has 0 radical (unpaired) electrons. The van der Waals surface area contributed by atoms with Crippen molar-refractivity contribution in [2.75, 3.05) is 33.7 Å². The number of likely N-dealkylation sites (tertiary alicyclic amines) is 1. The highest BCUT2D eigenvalue weighted by molar-refractivity contribution is 4.84. The third kappa shape index (κ3) is 5.25. The fourth-order valence-electron chi connectivity index (χ4n) is 2.77. The van der Waals surface area contributed by atoms with E-state index in [0.29, 0.717) is 6.04 Å². The average molecular weight is 255 g/mol. The fraction of sp³-hybridized carbons (Fsp3) is 1.00. The van der Waals surface area contributed by atoms with Crippen LogP contribution >= 0.6 is 0 Å². The smallest absolute Gasteiger partial charge is 0.0223 e. The van der Waals surface area contributed by atoms with Gasteiger partial charge in [0, 0.05) is 30.7 Å². The van der Waals surface area contributed by atoms with E-state index in [4.69, 9.17) is 0 Å². The van der Waals surface area contributed by atoms with Gasteiger partial charge in [0.05, 0.1) is 0 Å². The molecule has 0 aromatic heterocycles. The van der Waals surface area contributed by atoms with Crippen molar-refractivity contribution in [2.45, 2.75) is 64.6 Å². The summed E-state index contributed by atoms with van der Waals surface area (Å²) < 4.78 is 0. The minimum atomic E-state index is 0.220. The third-order valence-corrected chi connectivity index (χ3v) is 4.09. The van der Waals surface area contributed by atoms with Crippen LogP contribution in [0, 0.1) is 0 Å². The summed E-state index contributed by atoms with van der Waals surface area (Å²) in [5.41, 5.74) is 0.220. The Balaban J connectivity index is 2.47. The van der Waals surface area contributed by atoms with Gasteiger partial charge < -0.3 is 10.2 Å². The van der Waals surface area contributed by atoms with Crippen LogP contribution in [0.4, 0.5) is 0 Å². The van der Waals surface area contributed by atoms with E-state index >= 15 is 0 Å². The molecule has 0 aliphatic carbocycles. The maximum atomic E-state index is 3.65. The van der Waals surface area contributed by atoms with Crippen LogP contribution in [0.15, 0.2) is 0 Å². The van der Waals surface area contributed by atoms with Crippen molar-refractivity contribution in [3.8, 4) is 0 Å². The molecule has 1 aliphatic rings. The van der Waals surface area contributed by atoms with E-state index in [1.54, 1.807) is 0 Å². The standard InChI is InChI=1S/C15H33N3/c1-7-13(11-16-15(2,3)4)18(6)14-9-8-10-17(5)12-14/h13-14,16H,7-12H2,1-6H3. The molecule has 1 rings (SSSR count). The second-order valence-electron chi connectivity index (χ2n) is 6.92. The van der Waals surface area contributed by atoms with Gasteiger partial charge in [0.25, 0.3) is 0 Å².